The third-order valence-corrected chi connectivity index (χ3v) is 5.65. The van der Waals surface area contributed by atoms with Gasteiger partial charge in [-0.3, -0.25) is 19.4 Å². The molecule has 0 aromatic carbocycles. The molecule has 0 spiro atoms. The zero-order valence-corrected chi connectivity index (χ0v) is 15.3. The molecule has 2 aliphatic heterocycles. The molecule has 1 aromatic rings. The molecule has 0 unspecified atom stereocenters. The molecular formula is C17H24N4O3S. The molecule has 0 radical (unpaired) electrons. The van der Waals surface area contributed by atoms with Crippen LogP contribution in [0.5, 0.6) is 0 Å². The molecular weight excluding hydrogens is 340 g/mol. The fourth-order valence-electron chi connectivity index (χ4n) is 3.25. The van der Waals surface area contributed by atoms with Gasteiger partial charge in [-0.2, -0.15) is 0 Å². The maximum absolute atomic E-state index is 12.0. The minimum Gasteiger partial charge on any atom is -0.354 e. The van der Waals surface area contributed by atoms with Crippen LogP contribution in [-0.4, -0.2) is 72.3 Å². The number of likely N-dealkylation sites (N-methyl/N-ethyl adjacent to an activating group) is 1. The second kappa shape index (κ2) is 7.97. The molecule has 136 valence electrons. The van der Waals surface area contributed by atoms with Crippen molar-refractivity contribution in [2.75, 3.05) is 39.8 Å². The van der Waals surface area contributed by atoms with E-state index in [2.05, 4.69) is 27.7 Å². The molecule has 0 atom stereocenters. The van der Waals surface area contributed by atoms with Crippen LogP contribution in [0.4, 0.5) is 4.79 Å². The van der Waals surface area contributed by atoms with E-state index in [0.29, 0.717) is 12.5 Å². The number of carbonyl (C=O) groups is 3. The smallest absolute Gasteiger partial charge is 0.327 e. The summed E-state index contributed by atoms with van der Waals surface area (Å²) in [6.07, 6.45) is 2.10. The number of likely N-dealkylation sites (tertiary alicyclic amines) is 1. The molecule has 4 amide bonds. The molecule has 1 aromatic heterocycles. The molecule has 0 aliphatic carbocycles. The van der Waals surface area contributed by atoms with Crippen molar-refractivity contribution < 1.29 is 14.4 Å². The van der Waals surface area contributed by atoms with Gasteiger partial charge in [-0.05, 0) is 43.3 Å². The number of amides is 4. The Hall–Kier alpha value is -1.93. The van der Waals surface area contributed by atoms with Gasteiger partial charge in [0, 0.05) is 25.0 Å². The van der Waals surface area contributed by atoms with Crippen LogP contribution in [0.25, 0.3) is 0 Å². The van der Waals surface area contributed by atoms with E-state index in [1.54, 1.807) is 18.4 Å². The van der Waals surface area contributed by atoms with Gasteiger partial charge < -0.3 is 10.2 Å². The van der Waals surface area contributed by atoms with Crippen LogP contribution >= 0.6 is 11.3 Å². The lowest BCUT2D eigenvalue weighted by Crippen LogP contribution is -2.43. The molecule has 7 nitrogen and oxygen atoms in total. The molecule has 0 bridgehead atoms. The number of urea groups is 1. The van der Waals surface area contributed by atoms with Gasteiger partial charge in [0.05, 0.1) is 0 Å². The Labute approximate surface area is 151 Å². The summed E-state index contributed by atoms with van der Waals surface area (Å²) in [5, 5.41) is 4.98. The van der Waals surface area contributed by atoms with Gasteiger partial charge in [-0.1, -0.05) is 6.07 Å². The number of hydrogen-bond donors (Lipinski definition) is 1. The normalized spacial score (nSPS) is 19.7. The highest BCUT2D eigenvalue weighted by atomic mass is 32.1. The lowest BCUT2D eigenvalue weighted by molar-refractivity contribution is -0.130. The lowest BCUT2D eigenvalue weighted by Gasteiger charge is -2.31. The highest BCUT2D eigenvalue weighted by Crippen LogP contribution is 2.20. The van der Waals surface area contributed by atoms with E-state index in [1.807, 2.05) is 0 Å². The zero-order chi connectivity index (χ0) is 17.8. The molecule has 1 N–H and O–H groups in total. The van der Waals surface area contributed by atoms with Crippen LogP contribution in [0.1, 0.15) is 17.7 Å². The molecule has 25 heavy (non-hydrogen) atoms. The number of rotatable bonds is 6. The maximum Gasteiger partial charge on any atom is 0.327 e. The van der Waals surface area contributed by atoms with Crippen LogP contribution in [0.3, 0.4) is 0 Å². The summed E-state index contributed by atoms with van der Waals surface area (Å²) in [6.45, 7) is 3.55. The molecule has 8 heteroatoms. The van der Waals surface area contributed by atoms with E-state index in [1.165, 1.54) is 9.78 Å². The van der Waals surface area contributed by atoms with Crippen LogP contribution in [0.15, 0.2) is 17.5 Å². The summed E-state index contributed by atoms with van der Waals surface area (Å²) in [5.74, 6) is -0.126. The van der Waals surface area contributed by atoms with Crippen molar-refractivity contribution >= 4 is 29.2 Å². The summed E-state index contributed by atoms with van der Waals surface area (Å²) < 4.78 is 0. The molecule has 3 rings (SSSR count). The first kappa shape index (κ1) is 17.9. The van der Waals surface area contributed by atoms with Gasteiger partial charge in [0.2, 0.25) is 5.91 Å². The Morgan fingerprint density at radius 3 is 2.68 bits per heavy atom. The number of hydrogen-bond acceptors (Lipinski definition) is 5. The van der Waals surface area contributed by atoms with Gasteiger partial charge >= 0.3 is 6.03 Å². The average molecular weight is 364 g/mol. The second-order valence-electron chi connectivity index (χ2n) is 6.72. The van der Waals surface area contributed by atoms with Crippen LogP contribution in [0.2, 0.25) is 0 Å². The predicted octanol–water partition coefficient (Wildman–Crippen LogP) is 0.970. The summed E-state index contributed by atoms with van der Waals surface area (Å²) in [5.41, 5.74) is 0. The fraction of sp³-hybridized carbons (Fsp3) is 0.588. The van der Waals surface area contributed by atoms with Crippen LogP contribution in [-0.2, 0) is 16.1 Å². The Morgan fingerprint density at radius 2 is 2.08 bits per heavy atom. The van der Waals surface area contributed by atoms with E-state index in [9.17, 15) is 14.4 Å². The van der Waals surface area contributed by atoms with Crippen molar-refractivity contribution in [3.05, 3.63) is 22.4 Å². The quantitative estimate of drug-likeness (QED) is 0.764. The molecule has 2 aliphatic rings. The van der Waals surface area contributed by atoms with Crippen molar-refractivity contribution in [3.8, 4) is 0 Å². The number of nitrogens with zero attached hydrogens (tertiary/aromatic N) is 3. The van der Waals surface area contributed by atoms with Gasteiger partial charge in [0.25, 0.3) is 5.91 Å². The fourth-order valence-corrected chi connectivity index (χ4v) is 4.00. The van der Waals surface area contributed by atoms with Crippen molar-refractivity contribution in [1.82, 2.24) is 20.0 Å². The van der Waals surface area contributed by atoms with Gasteiger partial charge in [-0.25, -0.2) is 4.79 Å². The van der Waals surface area contributed by atoms with Gasteiger partial charge in [0.1, 0.15) is 13.1 Å². The third kappa shape index (κ3) is 4.58. The second-order valence-corrected chi connectivity index (χ2v) is 7.75. The van der Waals surface area contributed by atoms with E-state index in [-0.39, 0.29) is 24.9 Å². The summed E-state index contributed by atoms with van der Waals surface area (Å²) >= 11 is 1.79. The molecule has 0 saturated carbocycles. The van der Waals surface area contributed by atoms with Crippen LogP contribution < -0.4 is 5.32 Å². The summed E-state index contributed by atoms with van der Waals surface area (Å²) in [7, 11) is 1.56. The minimum atomic E-state index is -0.401. The van der Waals surface area contributed by atoms with Gasteiger partial charge in [-0.15, -0.1) is 11.3 Å². The standard InChI is InChI=1S/C17H24N4O3S/c1-19-12-16(23)21(17(19)24)11-15(22)18-9-13-4-6-20(7-5-13)10-14-3-2-8-25-14/h2-3,8,13H,4-7,9-12H2,1H3,(H,18,22). The SMILES string of the molecule is CN1CC(=O)N(CC(=O)NCC2CCN(Cc3cccs3)CC2)C1=O. The first-order chi connectivity index (χ1) is 12.0. The number of piperidine rings is 1. The Balaban J connectivity index is 1.36. The molecule has 3 heterocycles. The number of nitrogens with one attached hydrogen (secondary N) is 1. The van der Waals surface area contributed by atoms with E-state index in [0.717, 1.165) is 37.4 Å². The summed E-state index contributed by atoms with van der Waals surface area (Å²) in [4.78, 5) is 41.6. The first-order valence-corrected chi connectivity index (χ1v) is 9.48. The first-order valence-electron chi connectivity index (χ1n) is 8.60. The third-order valence-electron chi connectivity index (χ3n) is 4.79. The Kier molecular flexibility index (Phi) is 5.70. The molecule has 2 saturated heterocycles. The number of carbonyl (C=O) groups excluding carboxylic acids is 3. The topological polar surface area (TPSA) is 73.0 Å². The van der Waals surface area contributed by atoms with Crippen molar-refractivity contribution in [2.45, 2.75) is 19.4 Å². The zero-order valence-electron chi connectivity index (χ0n) is 14.4. The van der Waals surface area contributed by atoms with E-state index >= 15 is 0 Å². The van der Waals surface area contributed by atoms with Crippen molar-refractivity contribution in [1.29, 1.82) is 0 Å². The predicted molar refractivity (Wildman–Crippen MR) is 95.1 cm³/mol. The Bertz CT molecular complexity index is 626. The highest BCUT2D eigenvalue weighted by molar-refractivity contribution is 7.09. The Morgan fingerprint density at radius 1 is 1.32 bits per heavy atom. The minimum absolute atomic E-state index is 0.0504. The number of imide groups is 1. The molecule has 2 fully saturated rings. The monoisotopic (exact) mass is 364 g/mol. The van der Waals surface area contributed by atoms with Crippen molar-refractivity contribution in [2.24, 2.45) is 5.92 Å². The van der Waals surface area contributed by atoms with E-state index in [4.69, 9.17) is 0 Å². The van der Waals surface area contributed by atoms with Crippen molar-refractivity contribution in [3.63, 3.8) is 0 Å². The van der Waals surface area contributed by atoms with Gasteiger partial charge in [0.15, 0.2) is 0 Å². The van der Waals surface area contributed by atoms with E-state index < -0.39 is 6.03 Å². The maximum atomic E-state index is 12.0. The lowest BCUT2D eigenvalue weighted by atomic mass is 9.97. The largest absolute Gasteiger partial charge is 0.354 e. The van der Waals surface area contributed by atoms with Crippen LogP contribution in [0, 0.1) is 5.92 Å². The average Bonchev–Trinajstić information content (AvgIpc) is 3.18. The number of thiophene rings is 1. The summed E-state index contributed by atoms with van der Waals surface area (Å²) in [6, 6.07) is 3.84. The highest BCUT2D eigenvalue weighted by Gasteiger charge is 2.34.